The highest BCUT2D eigenvalue weighted by atomic mass is 19.2. The molecule has 0 spiro atoms. The van der Waals surface area contributed by atoms with Gasteiger partial charge in [0.2, 0.25) is 0 Å². The van der Waals surface area contributed by atoms with Crippen molar-refractivity contribution in [2.75, 3.05) is 0 Å². The molecule has 2 nitrogen and oxygen atoms in total. The third-order valence-corrected chi connectivity index (χ3v) is 2.46. The fraction of sp³-hybridized carbons (Fsp3) is 0.500. The Morgan fingerprint density at radius 3 is 2.38 bits per heavy atom. The second kappa shape index (κ2) is 5.37. The molecule has 1 aromatic carbocycles. The molecule has 0 radical (unpaired) electrons. The van der Waals surface area contributed by atoms with E-state index in [0.717, 1.165) is 12.1 Å². The zero-order chi connectivity index (χ0) is 12.3. The highest BCUT2D eigenvalue weighted by molar-refractivity contribution is 5.21. The van der Waals surface area contributed by atoms with E-state index in [0.29, 0.717) is 17.9 Å². The van der Waals surface area contributed by atoms with E-state index in [-0.39, 0.29) is 0 Å². The molecule has 3 N–H and O–H groups in total. The molecule has 90 valence electrons. The van der Waals surface area contributed by atoms with Crippen molar-refractivity contribution in [3.05, 3.63) is 35.4 Å². The maximum absolute atomic E-state index is 13.0. The van der Waals surface area contributed by atoms with Gasteiger partial charge in [0.25, 0.3) is 0 Å². The van der Waals surface area contributed by atoms with Crippen molar-refractivity contribution in [2.45, 2.75) is 32.4 Å². The topological polar surface area (TPSA) is 46.2 Å². The molecule has 4 heteroatoms. The minimum absolute atomic E-state index is 0.298. The van der Waals surface area contributed by atoms with Crippen LogP contribution in [0.25, 0.3) is 0 Å². The first-order chi connectivity index (χ1) is 7.41. The molecule has 0 aliphatic rings. The van der Waals surface area contributed by atoms with Crippen molar-refractivity contribution in [3.8, 4) is 0 Å². The molecule has 0 unspecified atom stereocenters. The standard InChI is InChI=1S/C12H17F2NO/c1-7(2)5-11(16)12(15)8-3-4-9(13)10(14)6-8/h3-4,6-7,11-12,16H,5,15H2,1-2H3/t11-,12+/m0/s1. The van der Waals surface area contributed by atoms with E-state index in [2.05, 4.69) is 0 Å². The summed E-state index contributed by atoms with van der Waals surface area (Å²) in [4.78, 5) is 0. The smallest absolute Gasteiger partial charge is 0.159 e. The van der Waals surface area contributed by atoms with Gasteiger partial charge in [-0.2, -0.15) is 0 Å². The van der Waals surface area contributed by atoms with Gasteiger partial charge in [0.15, 0.2) is 11.6 Å². The SMILES string of the molecule is CC(C)C[C@H](O)[C@H](N)c1ccc(F)c(F)c1. The zero-order valence-corrected chi connectivity index (χ0v) is 9.45. The molecule has 0 saturated carbocycles. The fourth-order valence-corrected chi connectivity index (χ4v) is 1.57. The van der Waals surface area contributed by atoms with Gasteiger partial charge in [-0.05, 0) is 30.0 Å². The average molecular weight is 229 g/mol. The lowest BCUT2D eigenvalue weighted by Gasteiger charge is -2.20. The van der Waals surface area contributed by atoms with Crippen LogP contribution in [-0.4, -0.2) is 11.2 Å². The second-order valence-corrected chi connectivity index (χ2v) is 4.40. The molecule has 16 heavy (non-hydrogen) atoms. The molecule has 0 fully saturated rings. The van der Waals surface area contributed by atoms with E-state index in [4.69, 9.17) is 5.73 Å². The van der Waals surface area contributed by atoms with Crippen LogP contribution in [0.5, 0.6) is 0 Å². The molecule has 0 heterocycles. The third-order valence-electron chi connectivity index (χ3n) is 2.46. The van der Waals surface area contributed by atoms with Crippen LogP contribution in [0, 0.1) is 17.6 Å². The van der Waals surface area contributed by atoms with Crippen LogP contribution in [0.15, 0.2) is 18.2 Å². The summed E-state index contributed by atoms with van der Waals surface area (Å²) in [5.41, 5.74) is 6.18. The van der Waals surface area contributed by atoms with Gasteiger partial charge in [-0.25, -0.2) is 8.78 Å². The van der Waals surface area contributed by atoms with E-state index >= 15 is 0 Å². The van der Waals surface area contributed by atoms with E-state index in [1.165, 1.54) is 6.07 Å². The highest BCUT2D eigenvalue weighted by Crippen LogP contribution is 2.21. The Balaban J connectivity index is 2.79. The van der Waals surface area contributed by atoms with E-state index in [9.17, 15) is 13.9 Å². The molecule has 1 aromatic rings. The minimum atomic E-state index is -0.940. The molecule has 0 aromatic heterocycles. The Hall–Kier alpha value is -1.00. The first-order valence-electron chi connectivity index (χ1n) is 5.30. The zero-order valence-electron chi connectivity index (χ0n) is 9.45. The summed E-state index contributed by atoms with van der Waals surface area (Å²) >= 11 is 0. The van der Waals surface area contributed by atoms with Crippen LogP contribution < -0.4 is 5.73 Å². The van der Waals surface area contributed by atoms with Crippen molar-refractivity contribution in [2.24, 2.45) is 11.7 Å². The molecular weight excluding hydrogens is 212 g/mol. The molecule has 0 aliphatic carbocycles. The van der Waals surface area contributed by atoms with Crippen molar-refractivity contribution in [3.63, 3.8) is 0 Å². The number of hydrogen-bond acceptors (Lipinski definition) is 2. The quantitative estimate of drug-likeness (QED) is 0.832. The number of aliphatic hydroxyl groups is 1. The van der Waals surface area contributed by atoms with Gasteiger partial charge in [-0.15, -0.1) is 0 Å². The van der Waals surface area contributed by atoms with Crippen LogP contribution in [-0.2, 0) is 0 Å². The largest absolute Gasteiger partial charge is 0.391 e. The van der Waals surface area contributed by atoms with Crippen molar-refractivity contribution < 1.29 is 13.9 Å². The van der Waals surface area contributed by atoms with Crippen LogP contribution in [0.1, 0.15) is 31.9 Å². The van der Waals surface area contributed by atoms with Gasteiger partial charge in [0, 0.05) is 0 Å². The summed E-state index contributed by atoms with van der Waals surface area (Å²) in [5, 5.41) is 9.76. The summed E-state index contributed by atoms with van der Waals surface area (Å²) < 4.78 is 25.6. The number of nitrogens with two attached hydrogens (primary N) is 1. The van der Waals surface area contributed by atoms with Crippen molar-refractivity contribution >= 4 is 0 Å². The summed E-state index contributed by atoms with van der Waals surface area (Å²) in [6.45, 7) is 3.92. The van der Waals surface area contributed by atoms with Crippen LogP contribution in [0.4, 0.5) is 8.78 Å². The second-order valence-electron chi connectivity index (χ2n) is 4.40. The predicted molar refractivity (Wildman–Crippen MR) is 58.7 cm³/mol. The number of benzene rings is 1. The van der Waals surface area contributed by atoms with Gasteiger partial charge in [-0.1, -0.05) is 19.9 Å². The average Bonchev–Trinajstić information content (AvgIpc) is 2.20. The monoisotopic (exact) mass is 229 g/mol. The van der Waals surface area contributed by atoms with E-state index < -0.39 is 23.8 Å². The van der Waals surface area contributed by atoms with Crippen molar-refractivity contribution in [1.82, 2.24) is 0 Å². The summed E-state index contributed by atoms with van der Waals surface area (Å²) in [6.07, 6.45) is -0.218. The number of halogens is 2. The third kappa shape index (κ3) is 3.25. The normalized spacial score (nSPS) is 15.2. The predicted octanol–water partition coefficient (Wildman–Crippen LogP) is 2.37. The molecular formula is C12H17F2NO. The minimum Gasteiger partial charge on any atom is -0.391 e. The Kier molecular flexibility index (Phi) is 4.38. The Bertz CT molecular complexity index is 355. The highest BCUT2D eigenvalue weighted by Gasteiger charge is 2.19. The van der Waals surface area contributed by atoms with Crippen LogP contribution in [0.2, 0.25) is 0 Å². The number of rotatable bonds is 4. The lowest BCUT2D eigenvalue weighted by atomic mass is 9.95. The van der Waals surface area contributed by atoms with Crippen LogP contribution in [0.3, 0.4) is 0 Å². The molecule has 0 amide bonds. The maximum Gasteiger partial charge on any atom is 0.159 e. The number of hydrogen-bond donors (Lipinski definition) is 2. The summed E-state index contributed by atoms with van der Waals surface area (Å²) in [5.74, 6) is -1.55. The summed E-state index contributed by atoms with van der Waals surface area (Å²) in [7, 11) is 0. The molecule has 0 bridgehead atoms. The number of aliphatic hydroxyl groups excluding tert-OH is 1. The summed E-state index contributed by atoms with van der Waals surface area (Å²) in [6, 6.07) is 2.76. The Morgan fingerprint density at radius 1 is 1.25 bits per heavy atom. The molecule has 1 rings (SSSR count). The molecule has 2 atom stereocenters. The van der Waals surface area contributed by atoms with E-state index in [1.807, 2.05) is 13.8 Å². The van der Waals surface area contributed by atoms with Gasteiger partial charge in [0.1, 0.15) is 0 Å². The van der Waals surface area contributed by atoms with Gasteiger partial charge < -0.3 is 10.8 Å². The molecule has 0 saturated heterocycles. The van der Waals surface area contributed by atoms with Gasteiger partial charge in [-0.3, -0.25) is 0 Å². The first-order valence-corrected chi connectivity index (χ1v) is 5.30. The molecule has 0 aliphatic heterocycles. The fourth-order valence-electron chi connectivity index (χ4n) is 1.57. The Labute approximate surface area is 94.1 Å². The van der Waals surface area contributed by atoms with Crippen LogP contribution >= 0.6 is 0 Å². The van der Waals surface area contributed by atoms with Crippen molar-refractivity contribution in [1.29, 1.82) is 0 Å². The lowest BCUT2D eigenvalue weighted by Crippen LogP contribution is -2.27. The van der Waals surface area contributed by atoms with E-state index in [1.54, 1.807) is 0 Å². The van der Waals surface area contributed by atoms with Gasteiger partial charge in [0.05, 0.1) is 12.1 Å². The maximum atomic E-state index is 13.0. The lowest BCUT2D eigenvalue weighted by molar-refractivity contribution is 0.121. The first kappa shape index (κ1) is 13.1. The van der Waals surface area contributed by atoms with Gasteiger partial charge >= 0.3 is 0 Å². The Morgan fingerprint density at radius 2 is 1.88 bits per heavy atom.